The van der Waals surface area contributed by atoms with Gasteiger partial charge in [0.2, 0.25) is 0 Å². The van der Waals surface area contributed by atoms with Crippen molar-refractivity contribution >= 4 is 38.1 Å². The number of anilines is 1. The van der Waals surface area contributed by atoms with E-state index in [-0.39, 0.29) is 10.5 Å². The Kier molecular flexibility index (Phi) is 6.64. The minimum absolute atomic E-state index is 0.0351. The molecule has 4 rings (SSSR count). The number of methoxy groups -OCH3 is 1. The van der Waals surface area contributed by atoms with Gasteiger partial charge in [0.1, 0.15) is 5.00 Å². The van der Waals surface area contributed by atoms with Gasteiger partial charge in [-0.05, 0) is 29.7 Å². The molecule has 0 unspecified atom stereocenters. The molecule has 9 heteroatoms. The van der Waals surface area contributed by atoms with E-state index in [2.05, 4.69) is 22.3 Å². The number of ether oxygens (including phenoxy) is 1. The Hall–Kier alpha value is -3.01. The van der Waals surface area contributed by atoms with Crippen molar-refractivity contribution in [2.75, 3.05) is 25.2 Å². The molecule has 1 aromatic heterocycles. The molecule has 2 aromatic carbocycles. The Morgan fingerprint density at radius 3 is 2.48 bits per heavy atom. The lowest BCUT2D eigenvalue weighted by Crippen LogP contribution is -2.29. The molecule has 0 atom stereocenters. The van der Waals surface area contributed by atoms with Gasteiger partial charge >= 0.3 is 5.97 Å². The van der Waals surface area contributed by atoms with E-state index < -0.39 is 21.7 Å². The topological polar surface area (TPSA) is 92.8 Å². The molecule has 0 saturated heterocycles. The lowest BCUT2D eigenvalue weighted by Gasteiger charge is -2.27. The lowest BCUT2D eigenvalue weighted by atomic mass is 10.0. The normalized spacial score (nSPS) is 13.9. The number of nitrogens with one attached hydrogen (secondary N) is 1. The molecule has 1 aliphatic heterocycles. The number of benzene rings is 2. The molecule has 2 heterocycles. The minimum atomic E-state index is -3.60. The van der Waals surface area contributed by atoms with Crippen LogP contribution in [0.3, 0.4) is 0 Å². The largest absolute Gasteiger partial charge is 0.465 e. The molecule has 3 aromatic rings. The van der Waals surface area contributed by atoms with Gasteiger partial charge in [-0.3, -0.25) is 9.69 Å². The van der Waals surface area contributed by atoms with Crippen LogP contribution in [0.1, 0.15) is 36.7 Å². The van der Waals surface area contributed by atoms with Gasteiger partial charge in [-0.2, -0.15) is 0 Å². The van der Waals surface area contributed by atoms with Gasteiger partial charge in [0.25, 0.3) is 5.91 Å². The molecule has 0 aliphatic carbocycles. The van der Waals surface area contributed by atoms with Crippen LogP contribution in [0.2, 0.25) is 0 Å². The molecule has 0 bridgehead atoms. The second kappa shape index (κ2) is 9.46. The highest BCUT2D eigenvalue weighted by molar-refractivity contribution is 7.90. The molecule has 33 heavy (non-hydrogen) atoms. The number of hydrogen-bond donors (Lipinski definition) is 1. The maximum absolute atomic E-state index is 13.0. The van der Waals surface area contributed by atoms with Crippen molar-refractivity contribution in [3.8, 4) is 0 Å². The van der Waals surface area contributed by atoms with Crippen LogP contribution >= 0.6 is 11.3 Å². The number of hydrogen-bond acceptors (Lipinski definition) is 7. The standard InChI is InChI=1S/C24H24N2O5S2/c1-31-24(28)21-17-12-13-26(14-16-8-4-3-5-9-16)15-19(17)32-23(21)25-22(27)18-10-6-7-11-20(18)33(2,29)30/h3-11H,12-15H2,1-2H3,(H,25,27). The van der Waals surface area contributed by atoms with E-state index in [1.54, 1.807) is 12.1 Å². The number of carbonyl (C=O) groups is 2. The average molecular weight is 485 g/mol. The van der Waals surface area contributed by atoms with E-state index in [1.807, 2.05) is 18.2 Å². The molecule has 7 nitrogen and oxygen atoms in total. The third kappa shape index (κ3) is 5.00. The molecule has 172 valence electrons. The van der Waals surface area contributed by atoms with Crippen molar-refractivity contribution in [1.29, 1.82) is 0 Å². The quantitative estimate of drug-likeness (QED) is 0.536. The first-order chi connectivity index (χ1) is 15.8. The molecule has 0 fully saturated rings. The van der Waals surface area contributed by atoms with Crippen molar-refractivity contribution < 1.29 is 22.7 Å². The summed E-state index contributed by atoms with van der Waals surface area (Å²) in [4.78, 5) is 28.9. The number of nitrogens with zero attached hydrogens (tertiary/aromatic N) is 1. The number of thiophene rings is 1. The smallest absolute Gasteiger partial charge is 0.341 e. The monoisotopic (exact) mass is 484 g/mol. The maximum Gasteiger partial charge on any atom is 0.341 e. The summed E-state index contributed by atoms with van der Waals surface area (Å²) in [6.45, 7) is 2.21. The zero-order valence-electron chi connectivity index (χ0n) is 18.3. The maximum atomic E-state index is 13.0. The van der Waals surface area contributed by atoms with E-state index in [4.69, 9.17) is 4.74 Å². The molecule has 0 saturated carbocycles. The van der Waals surface area contributed by atoms with Crippen molar-refractivity contribution in [3.63, 3.8) is 0 Å². The predicted octanol–water partition coefficient (Wildman–Crippen LogP) is 3.75. The van der Waals surface area contributed by atoms with E-state index in [0.717, 1.165) is 29.8 Å². The van der Waals surface area contributed by atoms with Crippen LogP contribution in [0.5, 0.6) is 0 Å². The van der Waals surface area contributed by atoms with E-state index >= 15 is 0 Å². The predicted molar refractivity (Wildman–Crippen MR) is 127 cm³/mol. The van der Waals surface area contributed by atoms with Gasteiger partial charge in [0.15, 0.2) is 9.84 Å². The van der Waals surface area contributed by atoms with Gasteiger partial charge in [0.05, 0.1) is 23.1 Å². The third-order valence-electron chi connectivity index (χ3n) is 5.53. The first-order valence-corrected chi connectivity index (χ1v) is 13.1. The van der Waals surface area contributed by atoms with Crippen LogP contribution in [0.15, 0.2) is 59.5 Å². The zero-order valence-corrected chi connectivity index (χ0v) is 20.0. The number of carbonyl (C=O) groups excluding carboxylic acids is 2. The third-order valence-corrected chi connectivity index (χ3v) is 7.82. The molecular formula is C24H24N2O5S2. The second-order valence-corrected chi connectivity index (χ2v) is 11.0. The van der Waals surface area contributed by atoms with Crippen LogP contribution in [0, 0.1) is 0 Å². The number of rotatable bonds is 6. The van der Waals surface area contributed by atoms with E-state index in [9.17, 15) is 18.0 Å². The fourth-order valence-corrected chi connectivity index (χ4v) is 6.15. The summed E-state index contributed by atoms with van der Waals surface area (Å²) in [5, 5.41) is 3.15. The van der Waals surface area contributed by atoms with Crippen LogP contribution in [-0.4, -0.2) is 45.1 Å². The fraction of sp³-hybridized carbons (Fsp3) is 0.250. The minimum Gasteiger partial charge on any atom is -0.465 e. The Labute approximate surface area is 196 Å². The molecule has 1 N–H and O–H groups in total. The summed E-state index contributed by atoms with van der Waals surface area (Å²) in [6, 6.07) is 16.2. The summed E-state index contributed by atoms with van der Waals surface area (Å²) in [7, 11) is -2.29. The molecular weight excluding hydrogens is 460 g/mol. The summed E-state index contributed by atoms with van der Waals surface area (Å²) < 4.78 is 29.2. The number of esters is 1. The molecule has 1 aliphatic rings. The Bertz CT molecular complexity index is 1300. The average Bonchev–Trinajstić information content (AvgIpc) is 3.15. The Balaban J connectivity index is 1.64. The van der Waals surface area contributed by atoms with E-state index in [0.29, 0.717) is 23.5 Å². The first kappa shape index (κ1) is 23.2. The van der Waals surface area contributed by atoms with E-state index in [1.165, 1.54) is 36.1 Å². The summed E-state index contributed by atoms with van der Waals surface area (Å²) in [6.07, 6.45) is 1.71. The zero-order chi connectivity index (χ0) is 23.6. The highest BCUT2D eigenvalue weighted by Gasteiger charge is 2.30. The van der Waals surface area contributed by atoms with Crippen LogP contribution in [0.4, 0.5) is 5.00 Å². The van der Waals surface area contributed by atoms with Gasteiger partial charge in [-0.15, -0.1) is 11.3 Å². The highest BCUT2D eigenvalue weighted by Crippen LogP contribution is 2.38. The fourth-order valence-electron chi connectivity index (χ4n) is 3.99. The second-order valence-electron chi connectivity index (χ2n) is 7.87. The van der Waals surface area contributed by atoms with Crippen molar-refractivity contribution in [2.45, 2.75) is 24.4 Å². The van der Waals surface area contributed by atoms with Gasteiger partial charge in [0, 0.05) is 30.8 Å². The highest BCUT2D eigenvalue weighted by atomic mass is 32.2. The number of sulfone groups is 1. The molecule has 0 spiro atoms. The Morgan fingerprint density at radius 1 is 1.09 bits per heavy atom. The van der Waals surface area contributed by atoms with Crippen LogP contribution in [0.25, 0.3) is 0 Å². The SMILES string of the molecule is COC(=O)c1c(NC(=O)c2ccccc2S(C)(=O)=O)sc2c1CCN(Cc1ccccc1)C2. The van der Waals surface area contributed by atoms with Crippen molar-refractivity contribution in [2.24, 2.45) is 0 Å². The first-order valence-electron chi connectivity index (χ1n) is 10.4. The Morgan fingerprint density at radius 2 is 1.79 bits per heavy atom. The van der Waals surface area contributed by atoms with Gasteiger partial charge in [-0.1, -0.05) is 42.5 Å². The molecule has 1 amide bonds. The summed E-state index contributed by atoms with van der Waals surface area (Å²) >= 11 is 1.33. The number of amides is 1. The van der Waals surface area contributed by atoms with Crippen molar-refractivity contribution in [1.82, 2.24) is 4.90 Å². The lowest BCUT2D eigenvalue weighted by molar-refractivity contribution is 0.0600. The van der Waals surface area contributed by atoms with Crippen LogP contribution in [-0.2, 0) is 34.1 Å². The number of fused-ring (bicyclic) bond motifs is 1. The van der Waals surface area contributed by atoms with Crippen LogP contribution < -0.4 is 5.32 Å². The summed E-state index contributed by atoms with van der Waals surface area (Å²) in [5.41, 5.74) is 2.47. The van der Waals surface area contributed by atoms with Gasteiger partial charge in [-0.25, -0.2) is 13.2 Å². The molecule has 0 radical (unpaired) electrons. The summed E-state index contributed by atoms with van der Waals surface area (Å²) in [5.74, 6) is -1.10. The van der Waals surface area contributed by atoms with Crippen molar-refractivity contribution in [3.05, 3.63) is 81.7 Å². The van der Waals surface area contributed by atoms with Gasteiger partial charge < -0.3 is 10.1 Å².